The number of carbonyl (C=O) groups is 2. The van der Waals surface area contributed by atoms with Crippen molar-refractivity contribution in [1.82, 2.24) is 10.2 Å². The van der Waals surface area contributed by atoms with Crippen LogP contribution in [0.4, 0.5) is 0 Å². The summed E-state index contributed by atoms with van der Waals surface area (Å²) in [6, 6.07) is 24.2. The van der Waals surface area contributed by atoms with Crippen LogP contribution in [0.25, 0.3) is 0 Å². The van der Waals surface area contributed by atoms with Crippen LogP contribution in [-0.4, -0.2) is 35.1 Å². The van der Waals surface area contributed by atoms with E-state index >= 15 is 0 Å². The van der Waals surface area contributed by atoms with Crippen LogP contribution in [0.3, 0.4) is 0 Å². The lowest BCUT2D eigenvalue weighted by Crippen LogP contribution is -2.51. The molecule has 0 bridgehead atoms. The van der Waals surface area contributed by atoms with Gasteiger partial charge in [-0.2, -0.15) is 0 Å². The highest BCUT2D eigenvalue weighted by atomic mass is 35.5. The Kier molecular flexibility index (Phi) is 11.0. The first-order valence-electron chi connectivity index (χ1n) is 11.6. The second-order valence-corrected chi connectivity index (χ2v) is 10.1. The van der Waals surface area contributed by atoms with Gasteiger partial charge < -0.3 is 10.2 Å². The van der Waals surface area contributed by atoms with E-state index in [0.29, 0.717) is 35.3 Å². The van der Waals surface area contributed by atoms with Gasteiger partial charge in [-0.05, 0) is 41.3 Å². The van der Waals surface area contributed by atoms with Crippen molar-refractivity contribution in [2.45, 2.75) is 38.1 Å². The molecule has 0 unspecified atom stereocenters. The molecule has 0 heterocycles. The molecule has 0 aliphatic carbocycles. The van der Waals surface area contributed by atoms with E-state index in [0.717, 1.165) is 23.1 Å². The minimum atomic E-state index is -0.631. The molecule has 35 heavy (non-hydrogen) atoms. The van der Waals surface area contributed by atoms with Gasteiger partial charge in [-0.25, -0.2) is 0 Å². The van der Waals surface area contributed by atoms with Gasteiger partial charge in [-0.15, -0.1) is 11.8 Å². The van der Waals surface area contributed by atoms with Gasteiger partial charge in [0.2, 0.25) is 11.8 Å². The molecule has 0 aliphatic heterocycles. The Labute approximate surface area is 222 Å². The highest BCUT2D eigenvalue weighted by Gasteiger charge is 2.30. The van der Waals surface area contributed by atoms with E-state index in [1.54, 1.807) is 17.0 Å². The van der Waals surface area contributed by atoms with Crippen molar-refractivity contribution in [2.75, 3.05) is 12.3 Å². The molecule has 1 atom stereocenters. The Hall–Kier alpha value is -2.47. The Bertz CT molecular complexity index is 1090. The fourth-order valence-corrected chi connectivity index (χ4v) is 4.98. The third-order valence-electron chi connectivity index (χ3n) is 5.53. The molecule has 7 heteroatoms. The molecule has 0 spiro atoms. The van der Waals surface area contributed by atoms with E-state index in [4.69, 9.17) is 23.2 Å². The summed E-state index contributed by atoms with van der Waals surface area (Å²) in [6.45, 7) is 2.89. The van der Waals surface area contributed by atoms with E-state index < -0.39 is 6.04 Å². The molecule has 3 aromatic carbocycles. The van der Waals surface area contributed by atoms with Crippen LogP contribution in [0.2, 0.25) is 10.0 Å². The zero-order chi connectivity index (χ0) is 25.0. The number of carbonyl (C=O) groups excluding carboxylic acids is 2. The third-order valence-corrected chi connectivity index (χ3v) is 7.11. The summed E-state index contributed by atoms with van der Waals surface area (Å²) < 4.78 is 0. The molecule has 0 fully saturated rings. The number of benzene rings is 3. The van der Waals surface area contributed by atoms with Crippen molar-refractivity contribution in [1.29, 1.82) is 0 Å². The van der Waals surface area contributed by atoms with E-state index in [1.165, 1.54) is 11.8 Å². The predicted octanol–water partition coefficient (Wildman–Crippen LogP) is 6.39. The second-order valence-electron chi connectivity index (χ2n) is 8.23. The van der Waals surface area contributed by atoms with Gasteiger partial charge in [-0.1, -0.05) is 90.8 Å². The Morgan fingerprint density at radius 3 is 2.29 bits per heavy atom. The minimum absolute atomic E-state index is 0.0930. The summed E-state index contributed by atoms with van der Waals surface area (Å²) in [6.07, 6.45) is 1.26. The van der Waals surface area contributed by atoms with Crippen LogP contribution in [-0.2, 0) is 28.3 Å². The van der Waals surface area contributed by atoms with Crippen LogP contribution in [0.15, 0.2) is 78.9 Å². The lowest BCUT2D eigenvalue weighted by Gasteiger charge is -2.31. The zero-order valence-corrected chi connectivity index (χ0v) is 22.1. The zero-order valence-electron chi connectivity index (χ0n) is 19.8. The van der Waals surface area contributed by atoms with Crippen molar-refractivity contribution in [3.8, 4) is 0 Å². The number of hydrogen-bond donors (Lipinski definition) is 1. The van der Waals surface area contributed by atoms with E-state index in [9.17, 15) is 9.59 Å². The SMILES string of the molecule is CCCNC(=O)[C@H](Cc1ccccc1)N(Cc1ccc(Cl)cc1)C(=O)CSCc1ccccc1Cl. The van der Waals surface area contributed by atoms with Crippen molar-refractivity contribution in [3.63, 3.8) is 0 Å². The van der Waals surface area contributed by atoms with Gasteiger partial charge >= 0.3 is 0 Å². The number of nitrogens with zero attached hydrogens (tertiary/aromatic N) is 1. The lowest BCUT2D eigenvalue weighted by molar-refractivity contribution is -0.139. The quantitative estimate of drug-likeness (QED) is 0.296. The second kappa shape index (κ2) is 14.2. The summed E-state index contributed by atoms with van der Waals surface area (Å²) in [4.78, 5) is 28.5. The fourth-order valence-electron chi connectivity index (χ4n) is 3.65. The maximum atomic E-state index is 13.6. The van der Waals surface area contributed by atoms with Gasteiger partial charge in [0.05, 0.1) is 5.75 Å². The van der Waals surface area contributed by atoms with Crippen LogP contribution in [0, 0.1) is 0 Å². The molecule has 0 saturated heterocycles. The molecule has 0 saturated carbocycles. The molecule has 0 aliphatic rings. The van der Waals surface area contributed by atoms with Gasteiger partial charge in [0.1, 0.15) is 6.04 Å². The number of nitrogens with one attached hydrogen (secondary N) is 1. The average molecular weight is 530 g/mol. The van der Waals surface area contributed by atoms with Crippen LogP contribution >= 0.6 is 35.0 Å². The maximum Gasteiger partial charge on any atom is 0.243 e. The highest BCUT2D eigenvalue weighted by molar-refractivity contribution is 7.99. The van der Waals surface area contributed by atoms with Gasteiger partial charge in [0.25, 0.3) is 0 Å². The van der Waals surface area contributed by atoms with E-state index in [-0.39, 0.29) is 17.6 Å². The van der Waals surface area contributed by atoms with Crippen molar-refractivity contribution < 1.29 is 9.59 Å². The number of hydrogen-bond acceptors (Lipinski definition) is 3. The molecule has 3 aromatic rings. The number of amides is 2. The third kappa shape index (κ3) is 8.60. The molecule has 0 radical (unpaired) electrons. The van der Waals surface area contributed by atoms with Crippen LogP contribution < -0.4 is 5.32 Å². The number of rotatable bonds is 12. The van der Waals surface area contributed by atoms with Gasteiger partial charge in [0.15, 0.2) is 0 Å². The number of thioether (sulfide) groups is 1. The van der Waals surface area contributed by atoms with Crippen LogP contribution in [0.1, 0.15) is 30.0 Å². The van der Waals surface area contributed by atoms with Crippen LogP contribution in [0.5, 0.6) is 0 Å². The van der Waals surface area contributed by atoms with Gasteiger partial charge in [-0.3, -0.25) is 9.59 Å². The summed E-state index contributed by atoms with van der Waals surface area (Å²) in [5.41, 5.74) is 2.90. The molecule has 0 aromatic heterocycles. The summed E-state index contributed by atoms with van der Waals surface area (Å²) in [5, 5.41) is 4.31. The largest absolute Gasteiger partial charge is 0.354 e. The Balaban J connectivity index is 1.83. The molecule has 3 rings (SSSR count). The molecule has 2 amide bonds. The first-order chi connectivity index (χ1) is 17.0. The van der Waals surface area contributed by atoms with E-state index in [1.807, 2.05) is 73.7 Å². The molecular weight excluding hydrogens is 499 g/mol. The Morgan fingerprint density at radius 1 is 0.914 bits per heavy atom. The molecule has 1 N–H and O–H groups in total. The first-order valence-corrected chi connectivity index (χ1v) is 13.6. The molecule has 4 nitrogen and oxygen atoms in total. The van der Waals surface area contributed by atoms with Crippen molar-refractivity contribution >= 4 is 46.8 Å². The standard InChI is InChI=1S/C28H30Cl2N2O2S/c1-2-16-31-28(34)26(17-21-8-4-3-5-9-21)32(18-22-12-14-24(29)15-13-22)27(33)20-35-19-23-10-6-7-11-25(23)30/h3-15,26H,2,16-20H2,1H3,(H,31,34)/t26-/m0/s1. The minimum Gasteiger partial charge on any atom is -0.354 e. The van der Waals surface area contributed by atoms with Gasteiger partial charge in [0, 0.05) is 35.3 Å². The fraction of sp³-hybridized carbons (Fsp3) is 0.286. The predicted molar refractivity (Wildman–Crippen MR) is 147 cm³/mol. The summed E-state index contributed by atoms with van der Waals surface area (Å²) >= 11 is 13.8. The lowest BCUT2D eigenvalue weighted by atomic mass is 10.0. The first kappa shape index (κ1) is 27.1. The smallest absolute Gasteiger partial charge is 0.243 e. The topological polar surface area (TPSA) is 49.4 Å². The summed E-state index contributed by atoms with van der Waals surface area (Å²) in [5.74, 6) is 0.621. The maximum absolute atomic E-state index is 13.6. The summed E-state index contributed by atoms with van der Waals surface area (Å²) in [7, 11) is 0. The highest BCUT2D eigenvalue weighted by Crippen LogP contribution is 2.23. The van der Waals surface area contributed by atoms with Crippen molar-refractivity contribution in [2.24, 2.45) is 0 Å². The average Bonchev–Trinajstić information content (AvgIpc) is 2.87. The Morgan fingerprint density at radius 2 is 1.60 bits per heavy atom. The van der Waals surface area contributed by atoms with Crippen molar-refractivity contribution in [3.05, 3.63) is 106 Å². The van der Waals surface area contributed by atoms with E-state index in [2.05, 4.69) is 5.32 Å². The normalized spacial score (nSPS) is 11.6. The monoisotopic (exact) mass is 528 g/mol. The molecule has 184 valence electrons. The molecular formula is C28H30Cl2N2O2S. The number of halogens is 2.